The molecule has 6 heteroatoms. The first-order valence-corrected chi connectivity index (χ1v) is 5.50. The van der Waals surface area contributed by atoms with Crippen LogP contribution in [-0.4, -0.2) is 22.1 Å². The van der Waals surface area contributed by atoms with Crippen LogP contribution in [0.2, 0.25) is 5.02 Å². The van der Waals surface area contributed by atoms with Crippen molar-refractivity contribution in [3.8, 4) is 11.4 Å². The molecule has 1 aromatic carbocycles. The second-order valence-electron chi connectivity index (χ2n) is 3.55. The van der Waals surface area contributed by atoms with Gasteiger partial charge >= 0.3 is 0 Å². The minimum absolute atomic E-state index is 0.356. The molecule has 5 nitrogen and oxygen atoms in total. The Hall–Kier alpha value is -1.59. The number of rotatable bonds is 3. The Labute approximate surface area is 104 Å². The third-order valence-electron chi connectivity index (χ3n) is 2.55. The molecular formula is C11H13ClN4O. The minimum atomic E-state index is 0.356. The Kier molecular flexibility index (Phi) is 3.31. The van der Waals surface area contributed by atoms with Gasteiger partial charge in [-0.05, 0) is 25.1 Å². The van der Waals surface area contributed by atoms with Gasteiger partial charge in [-0.3, -0.25) is 0 Å². The molecule has 0 bridgehead atoms. The third kappa shape index (κ3) is 2.11. The second-order valence-corrected chi connectivity index (χ2v) is 3.99. The zero-order valence-electron chi connectivity index (χ0n) is 9.64. The van der Waals surface area contributed by atoms with E-state index in [1.54, 1.807) is 30.0 Å². The Balaban J connectivity index is 2.58. The summed E-state index contributed by atoms with van der Waals surface area (Å²) in [5.41, 5.74) is 7.96. The number of ether oxygens (including phenoxy) is 1. The fourth-order valence-corrected chi connectivity index (χ4v) is 1.77. The number of nitrogens with zero attached hydrogens (tertiary/aromatic N) is 3. The van der Waals surface area contributed by atoms with Gasteiger partial charge in [-0.2, -0.15) is 0 Å². The van der Waals surface area contributed by atoms with Crippen molar-refractivity contribution in [2.24, 2.45) is 5.73 Å². The summed E-state index contributed by atoms with van der Waals surface area (Å²) in [6, 6.07) is 5.34. The molecule has 1 aromatic heterocycles. The molecule has 0 unspecified atom stereocenters. The summed E-state index contributed by atoms with van der Waals surface area (Å²) in [6.45, 7) is 2.26. The van der Waals surface area contributed by atoms with Crippen molar-refractivity contribution in [2.75, 3.05) is 7.11 Å². The zero-order valence-corrected chi connectivity index (χ0v) is 10.4. The van der Waals surface area contributed by atoms with Crippen molar-refractivity contribution in [3.05, 3.63) is 34.6 Å². The Morgan fingerprint density at radius 3 is 2.82 bits per heavy atom. The van der Waals surface area contributed by atoms with E-state index < -0.39 is 0 Å². The summed E-state index contributed by atoms with van der Waals surface area (Å²) in [5, 5.41) is 8.68. The molecule has 2 aromatic rings. The first kappa shape index (κ1) is 11.9. The molecule has 0 spiro atoms. The highest BCUT2D eigenvalue weighted by Gasteiger charge is 2.13. The van der Waals surface area contributed by atoms with Crippen molar-refractivity contribution in [3.63, 3.8) is 0 Å². The van der Waals surface area contributed by atoms with Crippen molar-refractivity contribution in [1.29, 1.82) is 0 Å². The molecular weight excluding hydrogens is 240 g/mol. The zero-order chi connectivity index (χ0) is 12.4. The van der Waals surface area contributed by atoms with Crippen LogP contribution in [0.5, 0.6) is 5.75 Å². The number of hydrogen-bond acceptors (Lipinski definition) is 4. The molecule has 0 radical (unpaired) electrons. The van der Waals surface area contributed by atoms with Crippen LogP contribution in [0.1, 0.15) is 11.4 Å². The number of hydrogen-bond donors (Lipinski definition) is 1. The van der Waals surface area contributed by atoms with E-state index in [2.05, 4.69) is 10.3 Å². The summed E-state index contributed by atoms with van der Waals surface area (Å²) >= 11 is 5.97. The van der Waals surface area contributed by atoms with E-state index in [0.717, 1.165) is 17.1 Å². The SMILES string of the molecule is COc1ccc(Cl)cc1-n1nnc(CN)c1C. The lowest BCUT2D eigenvalue weighted by Crippen LogP contribution is -2.03. The van der Waals surface area contributed by atoms with Gasteiger partial charge in [0.05, 0.1) is 18.5 Å². The summed E-state index contributed by atoms with van der Waals surface area (Å²) in [4.78, 5) is 0. The minimum Gasteiger partial charge on any atom is -0.494 e. The van der Waals surface area contributed by atoms with E-state index in [4.69, 9.17) is 22.1 Å². The highest BCUT2D eigenvalue weighted by molar-refractivity contribution is 6.30. The van der Waals surface area contributed by atoms with E-state index >= 15 is 0 Å². The molecule has 0 saturated heterocycles. The molecule has 0 fully saturated rings. The predicted octanol–water partition coefficient (Wildman–Crippen LogP) is 1.70. The van der Waals surface area contributed by atoms with Crippen LogP contribution in [0, 0.1) is 6.92 Å². The van der Waals surface area contributed by atoms with Crippen LogP contribution in [0.15, 0.2) is 18.2 Å². The molecule has 0 saturated carbocycles. The van der Waals surface area contributed by atoms with Crippen LogP contribution >= 0.6 is 11.6 Å². The Morgan fingerprint density at radius 1 is 1.47 bits per heavy atom. The Morgan fingerprint density at radius 2 is 2.24 bits per heavy atom. The van der Waals surface area contributed by atoms with E-state index in [1.807, 2.05) is 6.92 Å². The maximum absolute atomic E-state index is 5.97. The molecule has 90 valence electrons. The second kappa shape index (κ2) is 4.73. The average molecular weight is 253 g/mol. The highest BCUT2D eigenvalue weighted by Crippen LogP contribution is 2.26. The van der Waals surface area contributed by atoms with E-state index in [9.17, 15) is 0 Å². The molecule has 2 N–H and O–H groups in total. The number of nitrogens with two attached hydrogens (primary N) is 1. The van der Waals surface area contributed by atoms with Crippen LogP contribution < -0.4 is 10.5 Å². The van der Waals surface area contributed by atoms with E-state index in [1.165, 1.54) is 0 Å². The first-order valence-electron chi connectivity index (χ1n) is 5.12. The van der Waals surface area contributed by atoms with Crippen molar-refractivity contribution >= 4 is 11.6 Å². The van der Waals surface area contributed by atoms with Gasteiger partial charge in [-0.25, -0.2) is 4.68 Å². The van der Waals surface area contributed by atoms with Gasteiger partial charge in [0.15, 0.2) is 0 Å². The highest BCUT2D eigenvalue weighted by atomic mass is 35.5. The fraction of sp³-hybridized carbons (Fsp3) is 0.273. The van der Waals surface area contributed by atoms with Crippen molar-refractivity contribution in [2.45, 2.75) is 13.5 Å². The largest absolute Gasteiger partial charge is 0.494 e. The standard InChI is InChI=1S/C11H13ClN4O/c1-7-9(6-13)14-15-16(7)10-5-8(12)3-4-11(10)17-2/h3-5H,6,13H2,1-2H3. The van der Waals surface area contributed by atoms with Crippen LogP contribution in [-0.2, 0) is 6.54 Å². The van der Waals surface area contributed by atoms with Gasteiger partial charge in [0.25, 0.3) is 0 Å². The first-order chi connectivity index (χ1) is 8.17. The van der Waals surface area contributed by atoms with Gasteiger partial charge in [0.1, 0.15) is 11.4 Å². The Bertz CT molecular complexity index is 538. The number of benzene rings is 1. The summed E-state index contributed by atoms with van der Waals surface area (Å²) < 4.78 is 6.95. The lowest BCUT2D eigenvalue weighted by molar-refractivity contribution is 0.411. The predicted molar refractivity (Wildman–Crippen MR) is 65.5 cm³/mol. The fourth-order valence-electron chi connectivity index (χ4n) is 1.61. The van der Waals surface area contributed by atoms with E-state index in [-0.39, 0.29) is 0 Å². The molecule has 1 heterocycles. The van der Waals surface area contributed by atoms with Crippen LogP contribution in [0.4, 0.5) is 0 Å². The summed E-state index contributed by atoms with van der Waals surface area (Å²) in [7, 11) is 1.60. The summed E-state index contributed by atoms with van der Waals surface area (Å²) in [5.74, 6) is 0.686. The van der Waals surface area contributed by atoms with Gasteiger partial charge in [0.2, 0.25) is 0 Å². The van der Waals surface area contributed by atoms with Gasteiger partial charge < -0.3 is 10.5 Å². The smallest absolute Gasteiger partial charge is 0.144 e. The van der Waals surface area contributed by atoms with Gasteiger partial charge in [-0.15, -0.1) is 5.10 Å². The molecule has 0 aliphatic carbocycles. The average Bonchev–Trinajstić information content (AvgIpc) is 2.70. The van der Waals surface area contributed by atoms with E-state index in [0.29, 0.717) is 17.3 Å². The van der Waals surface area contributed by atoms with Crippen LogP contribution in [0.25, 0.3) is 5.69 Å². The molecule has 0 amide bonds. The van der Waals surface area contributed by atoms with Crippen LogP contribution in [0.3, 0.4) is 0 Å². The molecule has 0 aliphatic rings. The summed E-state index contributed by atoms with van der Waals surface area (Å²) in [6.07, 6.45) is 0. The topological polar surface area (TPSA) is 66.0 Å². The van der Waals surface area contributed by atoms with Crippen molar-refractivity contribution < 1.29 is 4.74 Å². The molecule has 0 atom stereocenters. The lowest BCUT2D eigenvalue weighted by atomic mass is 10.2. The third-order valence-corrected chi connectivity index (χ3v) is 2.79. The number of aromatic nitrogens is 3. The van der Waals surface area contributed by atoms with Gasteiger partial charge in [0, 0.05) is 11.6 Å². The maximum atomic E-state index is 5.97. The number of methoxy groups -OCH3 is 1. The normalized spacial score (nSPS) is 10.6. The molecule has 2 rings (SSSR count). The number of halogens is 1. The quantitative estimate of drug-likeness (QED) is 0.903. The van der Waals surface area contributed by atoms with Gasteiger partial charge in [-0.1, -0.05) is 16.8 Å². The lowest BCUT2D eigenvalue weighted by Gasteiger charge is -2.09. The monoisotopic (exact) mass is 252 g/mol. The molecule has 0 aliphatic heterocycles. The van der Waals surface area contributed by atoms with Crippen molar-refractivity contribution in [1.82, 2.24) is 15.0 Å². The molecule has 17 heavy (non-hydrogen) atoms. The maximum Gasteiger partial charge on any atom is 0.144 e.